The maximum Gasteiger partial charge on any atom is 0.328 e. The smallest absolute Gasteiger partial charge is 0.328 e. The quantitative estimate of drug-likeness (QED) is 0.805. The second-order valence-corrected chi connectivity index (χ2v) is 5.81. The molecule has 0 aliphatic heterocycles. The van der Waals surface area contributed by atoms with Gasteiger partial charge in [-0.3, -0.25) is 4.79 Å². The molecular weight excluding hydrogens is 280 g/mol. The molecule has 0 aliphatic carbocycles. The van der Waals surface area contributed by atoms with Crippen LogP contribution >= 0.6 is 0 Å². The van der Waals surface area contributed by atoms with Crippen LogP contribution in [0.25, 0.3) is 10.9 Å². The highest BCUT2D eigenvalue weighted by Gasteiger charge is 2.22. The van der Waals surface area contributed by atoms with Crippen LogP contribution in [0.2, 0.25) is 0 Å². The second kappa shape index (κ2) is 7.11. The van der Waals surface area contributed by atoms with Gasteiger partial charge in [-0.25, -0.2) is 4.79 Å². The zero-order valence-electron chi connectivity index (χ0n) is 13.2. The predicted molar refractivity (Wildman–Crippen MR) is 85.4 cm³/mol. The number of para-hydroxylation sites is 1. The summed E-state index contributed by atoms with van der Waals surface area (Å²) in [6, 6.07) is 7.22. The Kier molecular flexibility index (Phi) is 5.20. The minimum absolute atomic E-state index is 0.180. The Hall–Kier alpha value is -2.30. The average Bonchev–Trinajstić information content (AvgIpc) is 2.88. The zero-order chi connectivity index (χ0) is 16.1. The molecule has 1 aromatic heterocycles. The first-order chi connectivity index (χ1) is 10.5. The minimum atomic E-state index is -0.595. The third-order valence-corrected chi connectivity index (χ3v) is 3.55. The third kappa shape index (κ3) is 3.87. The molecule has 1 heterocycles. The summed E-state index contributed by atoms with van der Waals surface area (Å²) in [6.45, 7) is 4.00. The lowest BCUT2D eigenvalue weighted by molar-refractivity contribution is -0.145. The molecule has 0 bridgehead atoms. The molecule has 2 rings (SSSR count). The number of benzene rings is 1. The number of carbonyl (C=O) groups is 2. The summed E-state index contributed by atoms with van der Waals surface area (Å²) in [7, 11) is 1.33. The molecule has 0 saturated heterocycles. The van der Waals surface area contributed by atoms with E-state index in [2.05, 4.69) is 10.3 Å². The molecule has 1 unspecified atom stereocenters. The number of methoxy groups -OCH3 is 1. The van der Waals surface area contributed by atoms with Gasteiger partial charge in [-0.15, -0.1) is 0 Å². The van der Waals surface area contributed by atoms with Gasteiger partial charge in [0.05, 0.1) is 13.5 Å². The fourth-order valence-corrected chi connectivity index (χ4v) is 2.52. The molecule has 2 aromatic rings. The van der Waals surface area contributed by atoms with E-state index < -0.39 is 12.0 Å². The number of hydrogen-bond acceptors (Lipinski definition) is 3. The van der Waals surface area contributed by atoms with Crippen molar-refractivity contribution in [1.82, 2.24) is 10.3 Å². The lowest BCUT2D eigenvalue weighted by Crippen LogP contribution is -2.43. The molecule has 1 aromatic carbocycles. The van der Waals surface area contributed by atoms with Crippen molar-refractivity contribution in [2.75, 3.05) is 7.11 Å². The fourth-order valence-electron chi connectivity index (χ4n) is 2.52. The number of rotatable bonds is 6. The molecule has 1 atom stereocenters. The predicted octanol–water partition coefficient (Wildman–Crippen LogP) is 2.41. The first kappa shape index (κ1) is 16.1. The summed E-state index contributed by atoms with van der Waals surface area (Å²) in [4.78, 5) is 27.1. The van der Waals surface area contributed by atoms with Crippen molar-refractivity contribution in [2.24, 2.45) is 5.92 Å². The third-order valence-electron chi connectivity index (χ3n) is 3.55. The Morgan fingerprint density at radius 1 is 1.27 bits per heavy atom. The van der Waals surface area contributed by atoms with Gasteiger partial charge in [0.15, 0.2) is 0 Å². The highest BCUT2D eigenvalue weighted by atomic mass is 16.5. The summed E-state index contributed by atoms with van der Waals surface area (Å²) in [5.74, 6) is -0.292. The summed E-state index contributed by atoms with van der Waals surface area (Å²) < 4.78 is 4.76. The van der Waals surface area contributed by atoms with E-state index >= 15 is 0 Å². The molecule has 1 amide bonds. The monoisotopic (exact) mass is 302 g/mol. The topological polar surface area (TPSA) is 71.2 Å². The van der Waals surface area contributed by atoms with Crippen molar-refractivity contribution in [3.8, 4) is 0 Å². The first-order valence-electron chi connectivity index (χ1n) is 7.43. The molecule has 5 heteroatoms. The van der Waals surface area contributed by atoms with Gasteiger partial charge in [-0.05, 0) is 24.0 Å². The highest BCUT2D eigenvalue weighted by Crippen LogP contribution is 2.18. The molecule has 2 N–H and O–H groups in total. The number of ether oxygens (including phenoxy) is 1. The zero-order valence-corrected chi connectivity index (χ0v) is 13.2. The fraction of sp³-hybridized carbons (Fsp3) is 0.412. The van der Waals surface area contributed by atoms with Crippen LogP contribution < -0.4 is 5.32 Å². The van der Waals surface area contributed by atoms with Crippen molar-refractivity contribution < 1.29 is 14.3 Å². The molecule has 0 saturated carbocycles. The summed E-state index contributed by atoms with van der Waals surface area (Å²) in [5, 5.41) is 3.80. The number of aromatic nitrogens is 1. The second-order valence-electron chi connectivity index (χ2n) is 5.81. The number of carbonyl (C=O) groups excluding carboxylic acids is 2. The Labute approximate surface area is 130 Å². The number of nitrogens with one attached hydrogen (secondary N) is 2. The van der Waals surface area contributed by atoms with Crippen LogP contribution in [-0.2, 0) is 20.7 Å². The van der Waals surface area contributed by atoms with Crippen LogP contribution in [0, 0.1) is 5.92 Å². The lowest BCUT2D eigenvalue weighted by atomic mass is 10.0. The van der Waals surface area contributed by atoms with E-state index in [4.69, 9.17) is 4.74 Å². The van der Waals surface area contributed by atoms with Crippen LogP contribution in [0.1, 0.15) is 25.8 Å². The van der Waals surface area contributed by atoms with Crippen molar-refractivity contribution in [3.05, 3.63) is 36.0 Å². The number of H-pyrrole nitrogens is 1. The van der Waals surface area contributed by atoms with Gasteiger partial charge in [0.1, 0.15) is 6.04 Å². The highest BCUT2D eigenvalue weighted by molar-refractivity contribution is 5.90. The number of fused-ring (bicyclic) bond motifs is 1. The number of hydrogen-bond donors (Lipinski definition) is 2. The molecule has 0 aliphatic rings. The average molecular weight is 302 g/mol. The Morgan fingerprint density at radius 3 is 2.68 bits per heavy atom. The number of amides is 1. The lowest BCUT2D eigenvalue weighted by Gasteiger charge is -2.18. The van der Waals surface area contributed by atoms with Gasteiger partial charge in [0.2, 0.25) is 5.91 Å². The van der Waals surface area contributed by atoms with Crippen molar-refractivity contribution in [3.63, 3.8) is 0 Å². The summed E-state index contributed by atoms with van der Waals surface area (Å²) in [5.41, 5.74) is 1.92. The molecule has 5 nitrogen and oxygen atoms in total. The van der Waals surface area contributed by atoms with E-state index in [9.17, 15) is 9.59 Å². The molecule has 0 radical (unpaired) electrons. The van der Waals surface area contributed by atoms with E-state index in [0.717, 1.165) is 16.5 Å². The molecule has 0 fully saturated rings. The van der Waals surface area contributed by atoms with Gasteiger partial charge in [0.25, 0.3) is 0 Å². The van der Waals surface area contributed by atoms with E-state index in [1.165, 1.54) is 7.11 Å². The van der Waals surface area contributed by atoms with E-state index in [0.29, 0.717) is 6.42 Å². The number of esters is 1. The molecule has 22 heavy (non-hydrogen) atoms. The summed E-state index contributed by atoms with van der Waals surface area (Å²) in [6.07, 6.45) is 2.63. The maximum atomic E-state index is 12.2. The van der Waals surface area contributed by atoms with Crippen LogP contribution in [0.3, 0.4) is 0 Å². The standard InChI is InChI=1S/C17H22N2O3/c1-11(2)8-15(17(21)22-3)19-16(20)9-12-10-18-14-7-5-4-6-13(12)14/h4-7,10-11,15,18H,8-9H2,1-3H3,(H,19,20). The Morgan fingerprint density at radius 2 is 2.00 bits per heavy atom. The van der Waals surface area contributed by atoms with Crippen LogP contribution in [0.15, 0.2) is 30.5 Å². The van der Waals surface area contributed by atoms with Crippen molar-refractivity contribution in [1.29, 1.82) is 0 Å². The van der Waals surface area contributed by atoms with Crippen LogP contribution in [-0.4, -0.2) is 30.0 Å². The number of aromatic amines is 1. The van der Waals surface area contributed by atoms with Gasteiger partial charge >= 0.3 is 5.97 Å². The SMILES string of the molecule is COC(=O)C(CC(C)C)NC(=O)Cc1c[nH]c2ccccc12. The largest absolute Gasteiger partial charge is 0.467 e. The Bertz CT molecular complexity index is 661. The van der Waals surface area contributed by atoms with Crippen LogP contribution in [0.5, 0.6) is 0 Å². The maximum absolute atomic E-state index is 12.2. The van der Waals surface area contributed by atoms with Gasteiger partial charge < -0.3 is 15.0 Å². The van der Waals surface area contributed by atoms with Crippen LogP contribution in [0.4, 0.5) is 0 Å². The Balaban J connectivity index is 2.06. The van der Waals surface area contributed by atoms with Gasteiger partial charge in [-0.2, -0.15) is 0 Å². The van der Waals surface area contributed by atoms with Gasteiger partial charge in [0, 0.05) is 17.1 Å². The first-order valence-corrected chi connectivity index (χ1v) is 7.43. The molecular formula is C17H22N2O3. The molecule has 0 spiro atoms. The van der Waals surface area contributed by atoms with Gasteiger partial charge in [-0.1, -0.05) is 32.0 Å². The minimum Gasteiger partial charge on any atom is -0.467 e. The van der Waals surface area contributed by atoms with Crippen molar-refractivity contribution in [2.45, 2.75) is 32.7 Å². The van der Waals surface area contributed by atoms with E-state index in [-0.39, 0.29) is 18.2 Å². The van der Waals surface area contributed by atoms with E-state index in [1.54, 1.807) is 0 Å². The molecule has 118 valence electrons. The van der Waals surface area contributed by atoms with E-state index in [1.807, 2.05) is 44.3 Å². The summed E-state index contributed by atoms with van der Waals surface area (Å²) >= 11 is 0. The van der Waals surface area contributed by atoms with Crippen molar-refractivity contribution >= 4 is 22.8 Å². The normalized spacial score (nSPS) is 12.4.